The minimum absolute atomic E-state index is 0.700. The van der Waals surface area contributed by atoms with Gasteiger partial charge in [-0.25, -0.2) is 0 Å². The molecule has 0 unspecified atom stereocenters. The van der Waals surface area contributed by atoms with Gasteiger partial charge in [0.05, 0.1) is 38.2 Å². The smallest absolute Gasteiger partial charge is 0.265 e. The number of hydrogen-bond acceptors (Lipinski definition) is 12. The lowest BCUT2D eigenvalue weighted by Crippen LogP contribution is -2.26. The number of rotatable bonds is 12. The van der Waals surface area contributed by atoms with Crippen molar-refractivity contribution in [3.8, 4) is 0 Å². The van der Waals surface area contributed by atoms with Crippen molar-refractivity contribution in [2.75, 3.05) is 38.2 Å². The lowest BCUT2D eigenvalue weighted by atomic mass is 10.3. The highest BCUT2D eigenvalue weighted by Gasteiger charge is 2.19. The summed E-state index contributed by atoms with van der Waals surface area (Å²) in [4.78, 5) is 0. The predicted octanol–water partition coefficient (Wildman–Crippen LogP) is -1.82. The first kappa shape index (κ1) is 25.4. The van der Waals surface area contributed by atoms with Gasteiger partial charge >= 0.3 is 0 Å². The van der Waals surface area contributed by atoms with Crippen molar-refractivity contribution in [3.05, 3.63) is 12.2 Å². The predicted molar refractivity (Wildman–Crippen MR) is 90.2 cm³/mol. The van der Waals surface area contributed by atoms with E-state index in [0.29, 0.717) is 12.5 Å². The van der Waals surface area contributed by atoms with Gasteiger partial charge in [-0.3, -0.25) is 16.7 Å². The SMILES string of the molecule is CS(=O)(=O)OC[C@@H](/C=C/[C@@H](COS(C)(=O)=O)OS(C)(=O)=O)OS(C)(=O)=O. The van der Waals surface area contributed by atoms with E-state index in [0.717, 1.165) is 24.7 Å². The van der Waals surface area contributed by atoms with E-state index < -0.39 is 65.9 Å². The molecule has 0 fully saturated rings. The molecule has 0 spiro atoms. The summed E-state index contributed by atoms with van der Waals surface area (Å²) in [5.74, 6) is 0. The van der Waals surface area contributed by atoms with E-state index in [-0.39, 0.29) is 0 Å². The fourth-order valence-electron chi connectivity index (χ4n) is 1.31. The van der Waals surface area contributed by atoms with Gasteiger partial charge in [0.2, 0.25) is 0 Å². The van der Waals surface area contributed by atoms with Gasteiger partial charge in [0.25, 0.3) is 40.5 Å². The zero-order valence-electron chi connectivity index (χ0n) is 14.3. The van der Waals surface area contributed by atoms with Crippen LogP contribution in [0.1, 0.15) is 0 Å². The Hall–Kier alpha value is -0.620. The molecule has 0 aromatic rings. The van der Waals surface area contributed by atoms with Gasteiger partial charge in [0.15, 0.2) is 0 Å². The minimum atomic E-state index is -4.02. The molecule has 0 saturated carbocycles. The molecule has 0 aromatic heterocycles. The molecule has 0 aliphatic heterocycles. The van der Waals surface area contributed by atoms with E-state index >= 15 is 0 Å². The molecular weight excluding hydrogens is 440 g/mol. The molecule has 0 aliphatic rings. The molecule has 156 valence electrons. The normalized spacial score (nSPS) is 16.6. The second kappa shape index (κ2) is 9.54. The molecule has 0 saturated heterocycles. The van der Waals surface area contributed by atoms with Crippen molar-refractivity contribution in [3.63, 3.8) is 0 Å². The van der Waals surface area contributed by atoms with Crippen molar-refractivity contribution >= 4 is 40.5 Å². The summed E-state index contributed by atoms with van der Waals surface area (Å²) < 4.78 is 107. The highest BCUT2D eigenvalue weighted by Crippen LogP contribution is 2.08. The van der Waals surface area contributed by atoms with Crippen molar-refractivity contribution < 1.29 is 50.4 Å². The molecule has 0 N–H and O–H groups in total. The molecule has 16 heteroatoms. The van der Waals surface area contributed by atoms with Crippen LogP contribution < -0.4 is 0 Å². The van der Waals surface area contributed by atoms with Crippen molar-refractivity contribution in [1.82, 2.24) is 0 Å². The lowest BCUT2D eigenvalue weighted by molar-refractivity contribution is 0.163. The maximum absolute atomic E-state index is 11.2. The Kier molecular flexibility index (Phi) is 9.31. The first-order valence-electron chi connectivity index (χ1n) is 6.50. The molecule has 0 amide bonds. The van der Waals surface area contributed by atoms with Crippen LogP contribution in [0.3, 0.4) is 0 Å². The molecule has 0 bridgehead atoms. The van der Waals surface area contributed by atoms with Crippen LogP contribution in [-0.4, -0.2) is 84.1 Å². The Balaban J connectivity index is 5.39. The molecule has 0 heterocycles. The summed E-state index contributed by atoms with van der Waals surface area (Å²) >= 11 is 0. The fraction of sp³-hybridized carbons (Fsp3) is 0.800. The Labute approximate surface area is 153 Å². The summed E-state index contributed by atoms with van der Waals surface area (Å²) in [7, 11) is -15.9. The highest BCUT2D eigenvalue weighted by atomic mass is 32.2. The Morgan fingerprint density at radius 2 is 0.846 bits per heavy atom. The minimum Gasteiger partial charge on any atom is -0.267 e. The van der Waals surface area contributed by atoms with Gasteiger partial charge < -0.3 is 0 Å². The van der Waals surface area contributed by atoms with Gasteiger partial charge in [0.1, 0.15) is 12.2 Å². The Morgan fingerprint density at radius 1 is 0.577 bits per heavy atom. The number of hydrogen-bond donors (Lipinski definition) is 0. The first-order chi connectivity index (χ1) is 11.4. The van der Waals surface area contributed by atoms with E-state index in [1.165, 1.54) is 0 Å². The van der Waals surface area contributed by atoms with Gasteiger partial charge in [-0.05, 0) is 0 Å². The van der Waals surface area contributed by atoms with Gasteiger partial charge in [-0.1, -0.05) is 12.2 Å². The summed E-state index contributed by atoms with van der Waals surface area (Å²) in [6, 6.07) is 0. The molecule has 12 nitrogen and oxygen atoms in total. The molecule has 0 rings (SSSR count). The monoisotopic (exact) mass is 460 g/mol. The maximum atomic E-state index is 11.2. The van der Waals surface area contributed by atoms with Crippen molar-refractivity contribution in [1.29, 1.82) is 0 Å². The third-order valence-electron chi connectivity index (χ3n) is 2.03. The molecule has 0 aromatic carbocycles. The van der Waals surface area contributed by atoms with Crippen molar-refractivity contribution in [2.24, 2.45) is 0 Å². The van der Waals surface area contributed by atoms with Crippen LogP contribution in [0.2, 0.25) is 0 Å². The van der Waals surface area contributed by atoms with E-state index in [9.17, 15) is 33.7 Å². The summed E-state index contributed by atoms with van der Waals surface area (Å²) in [6.45, 7) is -1.47. The summed E-state index contributed by atoms with van der Waals surface area (Å²) in [5, 5.41) is 0. The van der Waals surface area contributed by atoms with E-state index in [2.05, 4.69) is 16.7 Å². The van der Waals surface area contributed by atoms with Crippen molar-refractivity contribution in [2.45, 2.75) is 12.2 Å². The van der Waals surface area contributed by atoms with Gasteiger partial charge in [-0.15, -0.1) is 0 Å². The average molecular weight is 461 g/mol. The topological polar surface area (TPSA) is 173 Å². The molecular formula is C10H20O12S4. The summed E-state index contributed by atoms with van der Waals surface area (Å²) in [5.41, 5.74) is 0. The Morgan fingerprint density at radius 3 is 1.04 bits per heavy atom. The van der Waals surface area contributed by atoms with Crippen LogP contribution in [0.4, 0.5) is 0 Å². The van der Waals surface area contributed by atoms with Gasteiger partial charge in [0, 0.05) is 0 Å². The molecule has 26 heavy (non-hydrogen) atoms. The van der Waals surface area contributed by atoms with E-state index in [1.54, 1.807) is 0 Å². The zero-order chi connectivity index (χ0) is 20.8. The third-order valence-corrected chi connectivity index (χ3v) is 4.35. The van der Waals surface area contributed by atoms with E-state index in [4.69, 9.17) is 0 Å². The van der Waals surface area contributed by atoms with Crippen LogP contribution in [0.5, 0.6) is 0 Å². The molecule has 2 atom stereocenters. The molecule has 0 radical (unpaired) electrons. The highest BCUT2D eigenvalue weighted by molar-refractivity contribution is 7.86. The summed E-state index contributed by atoms with van der Waals surface area (Å²) in [6.07, 6.45) is 1.82. The van der Waals surface area contributed by atoms with Crippen LogP contribution in [0.25, 0.3) is 0 Å². The van der Waals surface area contributed by atoms with Crippen LogP contribution >= 0.6 is 0 Å². The third kappa shape index (κ3) is 16.8. The largest absolute Gasteiger partial charge is 0.267 e. The van der Waals surface area contributed by atoms with E-state index in [1.807, 2.05) is 0 Å². The van der Waals surface area contributed by atoms with Crippen LogP contribution in [0.15, 0.2) is 12.2 Å². The van der Waals surface area contributed by atoms with Gasteiger partial charge in [-0.2, -0.15) is 33.7 Å². The molecule has 0 aliphatic carbocycles. The zero-order valence-corrected chi connectivity index (χ0v) is 17.5. The average Bonchev–Trinajstić information content (AvgIpc) is 2.33. The standard InChI is InChI=1S/C10H20O12S4/c1-23(11,12)19-7-9(21-25(3,15)16)5-6-10(22-26(4,17)18)8-20-24(2,13)14/h5-6,9-10H,7-8H2,1-4H3/b6-5+/t9-,10+. The fourth-order valence-corrected chi connectivity index (χ4v) is 3.21. The Bertz CT molecular complexity index is 819. The second-order valence-electron chi connectivity index (χ2n) is 5.04. The van der Waals surface area contributed by atoms with Crippen LogP contribution in [0, 0.1) is 0 Å². The maximum Gasteiger partial charge on any atom is 0.265 e. The lowest BCUT2D eigenvalue weighted by Gasteiger charge is -2.15. The van der Waals surface area contributed by atoms with Crippen LogP contribution in [-0.2, 0) is 57.2 Å². The quantitative estimate of drug-likeness (QED) is 0.236. The first-order valence-corrected chi connectivity index (χ1v) is 13.8. The second-order valence-corrected chi connectivity index (χ2v) is 11.5.